The Morgan fingerprint density at radius 2 is 1.35 bits per heavy atom. The SMILES string of the molecule is CCCCCCC=CCCCCCCC(C)[N]CCC. The molecular weight excluding hydrogens is 242 g/mol. The third-order valence-electron chi connectivity index (χ3n) is 3.80. The molecule has 0 N–H and O–H groups in total. The quantitative estimate of drug-likeness (QED) is 0.248. The van der Waals surface area contributed by atoms with Gasteiger partial charge in [0.05, 0.1) is 0 Å². The van der Waals surface area contributed by atoms with Gasteiger partial charge in [-0.2, -0.15) is 0 Å². The molecule has 1 heteroatoms. The number of nitrogens with zero attached hydrogens (tertiary/aromatic N) is 1. The fraction of sp³-hybridized carbons (Fsp3) is 0.895. The molecule has 1 radical (unpaired) electrons. The molecule has 20 heavy (non-hydrogen) atoms. The highest BCUT2D eigenvalue weighted by atomic mass is 14.9. The second kappa shape index (κ2) is 16.8. The lowest BCUT2D eigenvalue weighted by Crippen LogP contribution is -2.18. The molecule has 0 aromatic heterocycles. The zero-order valence-corrected chi connectivity index (χ0v) is 14.4. The Morgan fingerprint density at radius 3 is 1.95 bits per heavy atom. The van der Waals surface area contributed by atoms with E-state index in [2.05, 4.69) is 38.2 Å². The Balaban J connectivity index is 3.14. The summed E-state index contributed by atoms with van der Waals surface area (Å²) in [6.45, 7) is 7.78. The predicted molar refractivity (Wildman–Crippen MR) is 92.4 cm³/mol. The molecule has 0 aliphatic rings. The van der Waals surface area contributed by atoms with Crippen LogP contribution >= 0.6 is 0 Å². The van der Waals surface area contributed by atoms with E-state index in [1.165, 1.54) is 77.0 Å². The topological polar surface area (TPSA) is 14.1 Å². The minimum absolute atomic E-state index is 0.581. The Labute approximate surface area is 128 Å². The van der Waals surface area contributed by atoms with Crippen LogP contribution in [-0.4, -0.2) is 12.6 Å². The van der Waals surface area contributed by atoms with E-state index in [9.17, 15) is 0 Å². The van der Waals surface area contributed by atoms with E-state index in [0.29, 0.717) is 6.04 Å². The van der Waals surface area contributed by atoms with Crippen molar-refractivity contribution in [1.82, 2.24) is 5.32 Å². The van der Waals surface area contributed by atoms with Crippen molar-refractivity contribution in [3.05, 3.63) is 12.2 Å². The largest absolute Gasteiger partial charge is 0.239 e. The smallest absolute Gasteiger partial charge is 0.0217 e. The standard InChI is InChI=1S/C19H38N/c1-4-6-7-8-9-10-11-12-13-14-15-16-17-19(3)20-18-5-2/h10-11,19H,4-9,12-18H2,1-3H3. The number of hydrogen-bond donors (Lipinski definition) is 0. The monoisotopic (exact) mass is 280 g/mol. The van der Waals surface area contributed by atoms with E-state index in [-0.39, 0.29) is 0 Å². The fourth-order valence-electron chi connectivity index (χ4n) is 2.42. The molecule has 0 aliphatic heterocycles. The van der Waals surface area contributed by atoms with Crippen molar-refractivity contribution in [1.29, 1.82) is 0 Å². The summed E-state index contributed by atoms with van der Waals surface area (Å²) in [5.41, 5.74) is 0. The van der Waals surface area contributed by atoms with Gasteiger partial charge >= 0.3 is 0 Å². The van der Waals surface area contributed by atoms with Crippen LogP contribution in [0.4, 0.5) is 0 Å². The van der Waals surface area contributed by atoms with Gasteiger partial charge in [-0.1, -0.05) is 64.5 Å². The molecule has 0 bridgehead atoms. The van der Waals surface area contributed by atoms with Gasteiger partial charge in [0.2, 0.25) is 0 Å². The van der Waals surface area contributed by atoms with Gasteiger partial charge in [0.1, 0.15) is 0 Å². The van der Waals surface area contributed by atoms with Crippen LogP contribution in [-0.2, 0) is 0 Å². The Kier molecular flexibility index (Phi) is 16.5. The van der Waals surface area contributed by atoms with Gasteiger partial charge in [-0.05, 0) is 45.4 Å². The zero-order valence-electron chi connectivity index (χ0n) is 14.4. The van der Waals surface area contributed by atoms with Crippen molar-refractivity contribution in [2.45, 2.75) is 104 Å². The van der Waals surface area contributed by atoms with Crippen LogP contribution in [0.25, 0.3) is 0 Å². The summed E-state index contributed by atoms with van der Waals surface area (Å²) < 4.78 is 0. The fourth-order valence-corrected chi connectivity index (χ4v) is 2.42. The molecule has 0 aromatic carbocycles. The van der Waals surface area contributed by atoms with Crippen molar-refractivity contribution in [2.75, 3.05) is 6.54 Å². The molecule has 0 rings (SSSR count). The predicted octanol–water partition coefficient (Wildman–Crippen LogP) is 6.26. The normalized spacial score (nSPS) is 13.2. The van der Waals surface area contributed by atoms with E-state index in [1.807, 2.05) is 0 Å². The first kappa shape index (κ1) is 19.7. The molecule has 119 valence electrons. The van der Waals surface area contributed by atoms with Gasteiger partial charge in [0.15, 0.2) is 0 Å². The van der Waals surface area contributed by atoms with Crippen molar-refractivity contribution in [2.24, 2.45) is 0 Å². The van der Waals surface area contributed by atoms with Gasteiger partial charge in [0.25, 0.3) is 0 Å². The molecular formula is C19H38N. The summed E-state index contributed by atoms with van der Waals surface area (Å²) in [6, 6.07) is 0.581. The van der Waals surface area contributed by atoms with E-state index in [0.717, 1.165) is 6.54 Å². The summed E-state index contributed by atoms with van der Waals surface area (Å²) in [5.74, 6) is 0. The van der Waals surface area contributed by atoms with Gasteiger partial charge in [-0.3, -0.25) is 0 Å². The lowest BCUT2D eigenvalue weighted by molar-refractivity contribution is 0.473. The second-order valence-electron chi connectivity index (χ2n) is 6.07. The third kappa shape index (κ3) is 15.8. The average molecular weight is 281 g/mol. The molecule has 1 unspecified atom stereocenters. The van der Waals surface area contributed by atoms with Crippen LogP contribution in [0.5, 0.6) is 0 Å². The molecule has 0 aromatic rings. The number of unbranched alkanes of at least 4 members (excludes halogenated alkanes) is 8. The summed E-state index contributed by atoms with van der Waals surface area (Å²) in [4.78, 5) is 0. The summed E-state index contributed by atoms with van der Waals surface area (Å²) in [7, 11) is 0. The van der Waals surface area contributed by atoms with Crippen molar-refractivity contribution in [3.8, 4) is 0 Å². The van der Waals surface area contributed by atoms with Crippen LogP contribution in [0.2, 0.25) is 0 Å². The minimum atomic E-state index is 0.581. The number of allylic oxidation sites excluding steroid dienone is 2. The van der Waals surface area contributed by atoms with Crippen LogP contribution in [0.1, 0.15) is 97.8 Å². The summed E-state index contributed by atoms with van der Waals surface area (Å²) >= 11 is 0. The average Bonchev–Trinajstić information content (AvgIpc) is 2.46. The van der Waals surface area contributed by atoms with Crippen molar-refractivity contribution >= 4 is 0 Å². The maximum absolute atomic E-state index is 4.62. The van der Waals surface area contributed by atoms with Gasteiger partial charge in [-0.25, -0.2) is 5.32 Å². The zero-order chi connectivity index (χ0) is 14.9. The highest BCUT2D eigenvalue weighted by molar-refractivity contribution is 4.81. The lowest BCUT2D eigenvalue weighted by atomic mass is 10.1. The molecule has 0 saturated carbocycles. The first-order chi connectivity index (χ1) is 9.81. The third-order valence-corrected chi connectivity index (χ3v) is 3.80. The number of hydrogen-bond acceptors (Lipinski definition) is 0. The van der Waals surface area contributed by atoms with Crippen molar-refractivity contribution in [3.63, 3.8) is 0 Å². The van der Waals surface area contributed by atoms with Gasteiger partial charge in [0, 0.05) is 12.6 Å². The van der Waals surface area contributed by atoms with Crippen LogP contribution in [0.15, 0.2) is 12.2 Å². The summed E-state index contributed by atoms with van der Waals surface area (Å²) in [5, 5.41) is 4.62. The minimum Gasteiger partial charge on any atom is -0.239 e. The molecule has 0 spiro atoms. The van der Waals surface area contributed by atoms with Crippen LogP contribution < -0.4 is 5.32 Å². The van der Waals surface area contributed by atoms with Crippen LogP contribution in [0, 0.1) is 0 Å². The van der Waals surface area contributed by atoms with E-state index in [4.69, 9.17) is 0 Å². The second-order valence-corrected chi connectivity index (χ2v) is 6.07. The van der Waals surface area contributed by atoms with E-state index in [1.54, 1.807) is 0 Å². The molecule has 1 nitrogen and oxygen atoms in total. The van der Waals surface area contributed by atoms with Gasteiger partial charge in [-0.15, -0.1) is 0 Å². The first-order valence-electron chi connectivity index (χ1n) is 9.12. The Morgan fingerprint density at radius 1 is 0.750 bits per heavy atom. The molecule has 1 atom stereocenters. The molecule has 0 aliphatic carbocycles. The van der Waals surface area contributed by atoms with Gasteiger partial charge < -0.3 is 0 Å². The molecule has 0 fully saturated rings. The van der Waals surface area contributed by atoms with E-state index >= 15 is 0 Å². The Bertz CT molecular complexity index is 198. The molecule has 0 amide bonds. The molecule has 0 saturated heterocycles. The van der Waals surface area contributed by atoms with Crippen molar-refractivity contribution < 1.29 is 0 Å². The summed E-state index contributed by atoms with van der Waals surface area (Å²) in [6.07, 6.45) is 20.9. The lowest BCUT2D eigenvalue weighted by Gasteiger charge is -2.10. The maximum atomic E-state index is 4.62. The molecule has 0 heterocycles. The maximum Gasteiger partial charge on any atom is 0.0217 e. The van der Waals surface area contributed by atoms with E-state index < -0.39 is 0 Å². The highest BCUT2D eigenvalue weighted by Gasteiger charge is 2.00. The van der Waals surface area contributed by atoms with Crippen LogP contribution in [0.3, 0.4) is 0 Å². The first-order valence-corrected chi connectivity index (χ1v) is 9.12. The number of rotatable bonds is 15. The Hall–Kier alpha value is -0.300. The highest BCUT2D eigenvalue weighted by Crippen LogP contribution is 2.09.